The molecule has 1 heterocycles. The van der Waals surface area contributed by atoms with Gasteiger partial charge in [0.05, 0.1) is 0 Å². The summed E-state index contributed by atoms with van der Waals surface area (Å²) in [7, 11) is 1.49. The van der Waals surface area contributed by atoms with Crippen molar-refractivity contribution in [2.45, 2.75) is 6.61 Å². The Balaban J connectivity index is 2.20. The number of imidazole rings is 1. The minimum Gasteiger partial charge on any atom is -0.483 e. The van der Waals surface area contributed by atoms with Gasteiger partial charge in [-0.15, -0.1) is 0 Å². The summed E-state index contributed by atoms with van der Waals surface area (Å²) in [5.41, 5.74) is -0.146. The van der Waals surface area contributed by atoms with Crippen LogP contribution in [-0.4, -0.2) is 14.5 Å². The molecule has 0 saturated carbocycles. The molecule has 2 rings (SSSR count). The van der Waals surface area contributed by atoms with E-state index in [-0.39, 0.29) is 18.1 Å². The predicted molar refractivity (Wildman–Crippen MR) is 65.3 cm³/mol. The molecule has 0 bridgehead atoms. The molecule has 0 aliphatic rings. The fourth-order valence-corrected chi connectivity index (χ4v) is 1.59. The third kappa shape index (κ3) is 2.56. The Morgan fingerprint density at radius 3 is 2.65 bits per heavy atom. The van der Waals surface area contributed by atoms with Crippen molar-refractivity contribution in [3.8, 4) is 11.8 Å². The van der Waals surface area contributed by atoms with Crippen LogP contribution >= 0.6 is 0 Å². The molecular weight excluding hydrogens is 267 g/mol. The van der Waals surface area contributed by atoms with Crippen LogP contribution in [0.15, 0.2) is 24.3 Å². The van der Waals surface area contributed by atoms with E-state index in [1.54, 1.807) is 6.07 Å². The van der Waals surface area contributed by atoms with Crippen LogP contribution in [0.3, 0.4) is 0 Å². The lowest BCUT2D eigenvalue weighted by atomic mass is 10.3. The lowest BCUT2D eigenvalue weighted by molar-refractivity contribution is -0.389. The third-order valence-corrected chi connectivity index (χ3v) is 2.63. The van der Waals surface area contributed by atoms with Crippen molar-refractivity contribution in [1.82, 2.24) is 9.55 Å². The lowest BCUT2D eigenvalue weighted by Gasteiger charge is -2.03. The molecule has 0 fully saturated rings. The van der Waals surface area contributed by atoms with Crippen LogP contribution in [0.4, 0.5) is 10.2 Å². The number of benzene rings is 1. The minimum absolute atomic E-state index is 0.0648. The van der Waals surface area contributed by atoms with Gasteiger partial charge in [-0.1, -0.05) is 0 Å². The van der Waals surface area contributed by atoms with Crippen LogP contribution in [0.5, 0.6) is 5.75 Å². The maximum Gasteiger partial charge on any atom is 0.400 e. The fraction of sp³-hybridized carbons (Fsp3) is 0.167. The van der Waals surface area contributed by atoms with E-state index in [4.69, 9.17) is 10.00 Å². The standard InChI is InChI=1S/C12H9FN4O3/c1-16-10(6-14)12(17(18)19)15-11(16)7-20-9-4-2-8(13)3-5-9/h2-5H,7H2,1H3. The van der Waals surface area contributed by atoms with Gasteiger partial charge in [0, 0.05) is 7.05 Å². The fourth-order valence-electron chi connectivity index (χ4n) is 1.59. The highest BCUT2D eigenvalue weighted by molar-refractivity contribution is 5.39. The molecule has 0 aliphatic carbocycles. The molecule has 20 heavy (non-hydrogen) atoms. The Labute approximate surface area is 113 Å². The first kappa shape index (κ1) is 13.5. The first-order valence-electron chi connectivity index (χ1n) is 5.51. The van der Waals surface area contributed by atoms with Crippen LogP contribution in [0.2, 0.25) is 0 Å². The summed E-state index contributed by atoms with van der Waals surface area (Å²) < 4.78 is 19.4. The van der Waals surface area contributed by atoms with E-state index in [2.05, 4.69) is 4.98 Å². The van der Waals surface area contributed by atoms with Crippen molar-refractivity contribution >= 4 is 5.82 Å². The molecule has 0 aliphatic heterocycles. The van der Waals surface area contributed by atoms with Gasteiger partial charge in [0.25, 0.3) is 5.82 Å². The highest BCUT2D eigenvalue weighted by atomic mass is 19.1. The molecule has 0 unspecified atom stereocenters. The molecular formula is C12H9FN4O3. The maximum absolute atomic E-state index is 12.7. The van der Waals surface area contributed by atoms with E-state index in [1.807, 2.05) is 0 Å². The lowest BCUT2D eigenvalue weighted by Crippen LogP contribution is -2.04. The quantitative estimate of drug-likeness (QED) is 0.628. The Bertz CT molecular complexity index is 688. The van der Waals surface area contributed by atoms with Crippen molar-refractivity contribution < 1.29 is 14.1 Å². The second kappa shape index (κ2) is 5.36. The molecule has 0 saturated heterocycles. The van der Waals surface area contributed by atoms with Crippen LogP contribution < -0.4 is 4.74 Å². The first-order chi connectivity index (χ1) is 9.52. The van der Waals surface area contributed by atoms with Crippen molar-refractivity contribution in [2.75, 3.05) is 0 Å². The number of hydrogen-bond acceptors (Lipinski definition) is 5. The van der Waals surface area contributed by atoms with Crippen molar-refractivity contribution in [2.24, 2.45) is 7.05 Å². The highest BCUT2D eigenvalue weighted by Gasteiger charge is 2.25. The number of hydrogen-bond donors (Lipinski definition) is 0. The molecule has 7 nitrogen and oxygen atoms in total. The summed E-state index contributed by atoms with van der Waals surface area (Å²) in [4.78, 5) is 13.8. The maximum atomic E-state index is 12.7. The number of ether oxygens (including phenoxy) is 1. The van der Waals surface area contributed by atoms with Crippen LogP contribution in [0.25, 0.3) is 0 Å². The molecule has 102 valence electrons. The summed E-state index contributed by atoms with van der Waals surface area (Å²) in [6, 6.07) is 7.05. The van der Waals surface area contributed by atoms with Crippen LogP contribution in [0, 0.1) is 27.3 Å². The summed E-state index contributed by atoms with van der Waals surface area (Å²) in [6.07, 6.45) is 0. The average molecular weight is 276 g/mol. The molecule has 0 amide bonds. The smallest absolute Gasteiger partial charge is 0.400 e. The number of nitrogens with zero attached hydrogens (tertiary/aromatic N) is 4. The molecule has 2 aromatic rings. The number of rotatable bonds is 4. The van der Waals surface area contributed by atoms with Gasteiger partial charge >= 0.3 is 5.82 Å². The molecule has 0 spiro atoms. The largest absolute Gasteiger partial charge is 0.483 e. The van der Waals surface area contributed by atoms with Gasteiger partial charge < -0.3 is 14.9 Å². The average Bonchev–Trinajstić information content (AvgIpc) is 2.75. The molecule has 0 atom stereocenters. The Kier molecular flexibility index (Phi) is 3.61. The SMILES string of the molecule is Cn1c(COc2ccc(F)cc2)nc([N+](=O)[O-])c1C#N. The van der Waals surface area contributed by atoms with Gasteiger partial charge in [-0.2, -0.15) is 5.26 Å². The Morgan fingerprint density at radius 1 is 1.50 bits per heavy atom. The van der Waals surface area contributed by atoms with Gasteiger partial charge in [0.1, 0.15) is 17.6 Å². The second-order valence-corrected chi connectivity index (χ2v) is 3.87. The second-order valence-electron chi connectivity index (χ2n) is 3.87. The monoisotopic (exact) mass is 276 g/mol. The molecule has 1 aromatic carbocycles. The van der Waals surface area contributed by atoms with Crippen molar-refractivity contribution in [3.63, 3.8) is 0 Å². The van der Waals surface area contributed by atoms with Crippen molar-refractivity contribution in [3.05, 3.63) is 51.7 Å². The van der Waals surface area contributed by atoms with Gasteiger partial charge in [0.15, 0.2) is 6.61 Å². The molecule has 0 radical (unpaired) electrons. The van der Waals surface area contributed by atoms with E-state index in [0.717, 1.165) is 0 Å². The first-order valence-corrected chi connectivity index (χ1v) is 5.51. The summed E-state index contributed by atoms with van der Waals surface area (Å²) in [6.45, 7) is -0.0648. The summed E-state index contributed by atoms with van der Waals surface area (Å²) >= 11 is 0. The van der Waals surface area contributed by atoms with E-state index in [9.17, 15) is 14.5 Å². The zero-order chi connectivity index (χ0) is 14.7. The summed E-state index contributed by atoms with van der Waals surface area (Å²) in [5, 5.41) is 19.6. The van der Waals surface area contributed by atoms with Crippen molar-refractivity contribution in [1.29, 1.82) is 5.26 Å². The van der Waals surface area contributed by atoms with E-state index >= 15 is 0 Å². The number of aromatic nitrogens is 2. The number of nitriles is 1. The van der Waals surface area contributed by atoms with Crippen LogP contribution in [0.1, 0.15) is 11.5 Å². The normalized spacial score (nSPS) is 10.1. The minimum atomic E-state index is -0.722. The third-order valence-electron chi connectivity index (χ3n) is 2.63. The Morgan fingerprint density at radius 2 is 2.15 bits per heavy atom. The zero-order valence-corrected chi connectivity index (χ0v) is 10.4. The summed E-state index contributed by atoms with van der Waals surface area (Å²) in [5.74, 6) is -0.266. The van der Waals surface area contributed by atoms with Crippen LogP contribution in [-0.2, 0) is 13.7 Å². The van der Waals surface area contributed by atoms with Gasteiger partial charge in [-0.05, 0) is 34.2 Å². The molecule has 1 aromatic heterocycles. The Hall–Kier alpha value is -2.95. The van der Waals surface area contributed by atoms with E-state index in [0.29, 0.717) is 5.75 Å². The number of halogens is 1. The van der Waals surface area contributed by atoms with Gasteiger partial charge in [0.2, 0.25) is 5.69 Å². The topological polar surface area (TPSA) is 94.0 Å². The zero-order valence-electron chi connectivity index (χ0n) is 10.4. The molecule has 0 N–H and O–H groups in total. The number of nitro groups is 1. The van der Waals surface area contributed by atoms with E-state index < -0.39 is 16.6 Å². The predicted octanol–water partition coefficient (Wildman–Crippen LogP) is 1.92. The van der Waals surface area contributed by atoms with Gasteiger partial charge in [-0.25, -0.2) is 4.39 Å². The van der Waals surface area contributed by atoms with Gasteiger partial charge in [-0.3, -0.25) is 4.57 Å². The highest BCUT2D eigenvalue weighted by Crippen LogP contribution is 2.19. The van der Waals surface area contributed by atoms with E-state index in [1.165, 1.54) is 35.9 Å². The molecule has 8 heteroatoms.